The summed E-state index contributed by atoms with van der Waals surface area (Å²) in [6.45, 7) is 0. The summed E-state index contributed by atoms with van der Waals surface area (Å²) in [5.74, 6) is -0.318. The predicted octanol–water partition coefficient (Wildman–Crippen LogP) is 4.33. The minimum absolute atomic E-state index is 0.0566. The zero-order chi connectivity index (χ0) is 22.8. The van der Waals surface area contributed by atoms with E-state index in [1.54, 1.807) is 16.7 Å². The molecule has 32 heavy (non-hydrogen) atoms. The van der Waals surface area contributed by atoms with Crippen LogP contribution in [0.3, 0.4) is 0 Å². The minimum atomic E-state index is -0.495. The fourth-order valence-corrected chi connectivity index (χ4v) is 4.17. The number of phenolic OH excluding ortho intramolecular Hbond substituents is 2. The maximum atomic E-state index is 12.7. The van der Waals surface area contributed by atoms with Crippen LogP contribution in [0.15, 0.2) is 65.8 Å². The average molecular weight is 451 g/mol. The lowest BCUT2D eigenvalue weighted by atomic mass is 10.1. The van der Waals surface area contributed by atoms with E-state index in [4.69, 9.17) is 4.74 Å². The number of non-ortho nitro benzene ring substituents is 1. The van der Waals surface area contributed by atoms with Gasteiger partial charge in [0.15, 0.2) is 10.9 Å². The normalized spacial score (nSPS) is 10.9. The number of aromatic hydroxyl groups is 2. The van der Waals surface area contributed by atoms with Gasteiger partial charge in [0.1, 0.15) is 17.2 Å². The first-order valence-corrected chi connectivity index (χ1v) is 10.4. The van der Waals surface area contributed by atoms with Crippen molar-refractivity contribution in [3.63, 3.8) is 0 Å². The second-order valence-corrected chi connectivity index (χ2v) is 7.69. The molecule has 4 rings (SSSR count). The summed E-state index contributed by atoms with van der Waals surface area (Å²) < 4.78 is 7.24. The third-order valence-corrected chi connectivity index (χ3v) is 5.70. The smallest absolute Gasteiger partial charge is 0.271 e. The third kappa shape index (κ3) is 3.95. The maximum absolute atomic E-state index is 12.7. The highest BCUT2D eigenvalue weighted by atomic mass is 32.2. The number of carbonyl (C=O) groups is 1. The first kappa shape index (κ1) is 21.2. The molecule has 0 aliphatic carbocycles. The molecule has 4 aromatic rings. The standard InChI is InChI=1S/C22H17N3O6S/c1-31-21-5-3-2-4-18(21)24-17-9-6-13(25(29)30)10-16(17)23-22(24)32-12-20(28)15-8-7-14(26)11-19(15)27/h2-11,26-27H,12H2,1H3. The van der Waals surface area contributed by atoms with Gasteiger partial charge in [0, 0.05) is 18.2 Å². The molecule has 0 aliphatic heterocycles. The lowest BCUT2D eigenvalue weighted by molar-refractivity contribution is -0.384. The highest BCUT2D eigenvalue weighted by molar-refractivity contribution is 7.99. The van der Waals surface area contributed by atoms with E-state index in [0.29, 0.717) is 27.6 Å². The Hall–Kier alpha value is -4.05. The number of Topliss-reactive ketones (excluding diaryl/α,β-unsaturated/α-hetero) is 1. The summed E-state index contributed by atoms with van der Waals surface area (Å²) >= 11 is 1.12. The van der Waals surface area contributed by atoms with Crippen LogP contribution in [0.2, 0.25) is 0 Å². The molecule has 162 valence electrons. The number of fused-ring (bicyclic) bond motifs is 1. The maximum Gasteiger partial charge on any atom is 0.271 e. The van der Waals surface area contributed by atoms with Gasteiger partial charge in [-0.1, -0.05) is 23.9 Å². The lowest BCUT2D eigenvalue weighted by Crippen LogP contribution is -2.05. The number of nitro benzene ring substituents is 1. The van der Waals surface area contributed by atoms with Crippen molar-refractivity contribution in [1.82, 2.24) is 9.55 Å². The topological polar surface area (TPSA) is 128 Å². The first-order chi connectivity index (χ1) is 15.4. The van der Waals surface area contributed by atoms with Crippen LogP contribution < -0.4 is 4.74 Å². The van der Waals surface area contributed by atoms with Gasteiger partial charge in [0.2, 0.25) is 0 Å². The number of methoxy groups -OCH3 is 1. The number of imidazole rings is 1. The van der Waals surface area contributed by atoms with E-state index in [9.17, 15) is 25.1 Å². The monoisotopic (exact) mass is 451 g/mol. The largest absolute Gasteiger partial charge is 0.508 e. The van der Waals surface area contributed by atoms with Crippen LogP contribution in [0.25, 0.3) is 16.7 Å². The summed E-state index contributed by atoms with van der Waals surface area (Å²) in [5, 5.41) is 31.0. The molecule has 3 aromatic carbocycles. The van der Waals surface area contributed by atoms with E-state index in [0.717, 1.165) is 17.8 Å². The number of nitro groups is 1. The van der Waals surface area contributed by atoms with Crippen molar-refractivity contribution in [1.29, 1.82) is 0 Å². The van der Waals surface area contributed by atoms with Crippen LogP contribution >= 0.6 is 11.8 Å². The van der Waals surface area contributed by atoms with Crippen molar-refractivity contribution in [2.45, 2.75) is 5.16 Å². The second kappa shape index (κ2) is 8.60. The van der Waals surface area contributed by atoms with E-state index in [-0.39, 0.29) is 34.3 Å². The van der Waals surface area contributed by atoms with Crippen molar-refractivity contribution in [3.8, 4) is 22.9 Å². The summed E-state index contributed by atoms with van der Waals surface area (Å²) in [6.07, 6.45) is 0. The summed E-state index contributed by atoms with van der Waals surface area (Å²) in [4.78, 5) is 27.9. The van der Waals surface area contributed by atoms with Crippen molar-refractivity contribution >= 4 is 34.3 Å². The van der Waals surface area contributed by atoms with Gasteiger partial charge in [0.25, 0.3) is 5.69 Å². The molecule has 0 saturated heterocycles. The van der Waals surface area contributed by atoms with E-state index in [1.807, 2.05) is 18.2 Å². The highest BCUT2D eigenvalue weighted by Crippen LogP contribution is 2.34. The number of ketones is 1. The number of phenols is 2. The Balaban J connectivity index is 1.77. The van der Waals surface area contributed by atoms with Crippen LogP contribution in [-0.4, -0.2) is 43.3 Å². The number of carbonyl (C=O) groups excluding carboxylic acids is 1. The quantitative estimate of drug-likeness (QED) is 0.184. The SMILES string of the molecule is COc1ccccc1-n1c(SCC(=O)c2ccc(O)cc2O)nc2cc([N+](=O)[O-])ccc21. The van der Waals surface area contributed by atoms with Gasteiger partial charge in [-0.2, -0.15) is 0 Å². The number of thioether (sulfide) groups is 1. The Labute approximate surface area is 186 Å². The number of para-hydroxylation sites is 2. The van der Waals surface area contributed by atoms with Crippen LogP contribution in [0, 0.1) is 10.1 Å². The Morgan fingerprint density at radius 1 is 1.16 bits per heavy atom. The number of ether oxygens (including phenoxy) is 1. The van der Waals surface area contributed by atoms with Crippen molar-refractivity contribution < 1.29 is 24.7 Å². The molecule has 0 aliphatic rings. The Bertz CT molecular complexity index is 1350. The number of benzene rings is 3. The fraction of sp³-hybridized carbons (Fsp3) is 0.0909. The fourth-order valence-electron chi connectivity index (χ4n) is 3.27. The van der Waals surface area contributed by atoms with Crippen LogP contribution in [0.5, 0.6) is 17.2 Å². The van der Waals surface area contributed by atoms with Crippen LogP contribution in [0.4, 0.5) is 5.69 Å². The predicted molar refractivity (Wildman–Crippen MR) is 119 cm³/mol. The van der Waals surface area contributed by atoms with Gasteiger partial charge >= 0.3 is 0 Å². The molecule has 9 nitrogen and oxygen atoms in total. The molecule has 0 fully saturated rings. The molecular formula is C22H17N3O6S. The zero-order valence-corrected chi connectivity index (χ0v) is 17.6. The van der Waals surface area contributed by atoms with Gasteiger partial charge in [-0.15, -0.1) is 0 Å². The van der Waals surface area contributed by atoms with Gasteiger partial charge in [-0.3, -0.25) is 19.5 Å². The molecule has 0 spiro atoms. The Morgan fingerprint density at radius 2 is 1.94 bits per heavy atom. The molecule has 0 atom stereocenters. The number of aromatic nitrogens is 2. The van der Waals surface area contributed by atoms with E-state index < -0.39 is 4.92 Å². The summed E-state index contributed by atoms with van der Waals surface area (Å²) in [7, 11) is 1.53. The molecule has 0 bridgehead atoms. The van der Waals surface area contributed by atoms with E-state index in [2.05, 4.69) is 4.98 Å². The highest BCUT2D eigenvalue weighted by Gasteiger charge is 2.20. The molecule has 1 heterocycles. The summed E-state index contributed by atoms with van der Waals surface area (Å²) in [6, 6.07) is 15.4. The molecule has 0 saturated carbocycles. The molecule has 10 heteroatoms. The van der Waals surface area contributed by atoms with Gasteiger partial charge in [-0.25, -0.2) is 4.98 Å². The Morgan fingerprint density at radius 3 is 2.66 bits per heavy atom. The first-order valence-electron chi connectivity index (χ1n) is 9.37. The van der Waals surface area contributed by atoms with Crippen molar-refractivity contribution in [2.24, 2.45) is 0 Å². The van der Waals surface area contributed by atoms with Crippen LogP contribution in [-0.2, 0) is 0 Å². The molecule has 0 amide bonds. The Kier molecular flexibility index (Phi) is 5.69. The lowest BCUT2D eigenvalue weighted by Gasteiger charge is -2.13. The zero-order valence-electron chi connectivity index (χ0n) is 16.8. The third-order valence-electron chi connectivity index (χ3n) is 4.76. The molecule has 0 unspecified atom stereocenters. The number of rotatable bonds is 7. The van der Waals surface area contributed by atoms with Gasteiger partial charge < -0.3 is 14.9 Å². The summed E-state index contributed by atoms with van der Waals surface area (Å²) in [5.41, 5.74) is 1.65. The minimum Gasteiger partial charge on any atom is -0.508 e. The van der Waals surface area contributed by atoms with Crippen molar-refractivity contribution in [3.05, 3.63) is 76.3 Å². The second-order valence-electron chi connectivity index (χ2n) is 6.75. The van der Waals surface area contributed by atoms with Gasteiger partial charge in [-0.05, 0) is 30.3 Å². The van der Waals surface area contributed by atoms with Crippen LogP contribution in [0.1, 0.15) is 10.4 Å². The van der Waals surface area contributed by atoms with E-state index in [1.165, 1.54) is 31.4 Å². The molecule has 2 N–H and O–H groups in total. The molecular weight excluding hydrogens is 434 g/mol. The molecule has 0 radical (unpaired) electrons. The number of hydrogen-bond acceptors (Lipinski definition) is 8. The number of nitrogens with zero attached hydrogens (tertiary/aromatic N) is 3. The van der Waals surface area contributed by atoms with Gasteiger partial charge in [0.05, 0.1) is 40.1 Å². The average Bonchev–Trinajstić information content (AvgIpc) is 3.14. The van der Waals surface area contributed by atoms with Crippen molar-refractivity contribution in [2.75, 3.05) is 12.9 Å². The van der Waals surface area contributed by atoms with E-state index >= 15 is 0 Å². The molecule has 1 aromatic heterocycles. The number of hydrogen-bond donors (Lipinski definition) is 2.